The summed E-state index contributed by atoms with van der Waals surface area (Å²) in [5, 5.41) is -0.666. The molecule has 0 unspecified atom stereocenters. The number of nitrogens with zero attached hydrogens (tertiary/aromatic N) is 1. The van der Waals surface area contributed by atoms with E-state index in [9.17, 15) is 26.4 Å². The monoisotopic (exact) mass is 394 g/mol. The molecule has 2 rings (SSSR count). The summed E-state index contributed by atoms with van der Waals surface area (Å²) in [5.74, 6) is -0.879. The van der Waals surface area contributed by atoms with E-state index in [0.29, 0.717) is 18.3 Å². The molecule has 26 heavy (non-hydrogen) atoms. The van der Waals surface area contributed by atoms with Gasteiger partial charge in [-0.1, -0.05) is 25.7 Å². The zero-order valence-corrected chi connectivity index (χ0v) is 15.1. The average Bonchev–Trinajstić information content (AvgIpc) is 2.82. The molecule has 0 radical (unpaired) electrons. The maximum Gasteiger partial charge on any atom is 0.417 e. The maximum absolute atomic E-state index is 12.5. The SMILES string of the molecule is C[C@@H](OC1CCCCCC1)C(=O)NS(=O)(=O)c1ccc(C(F)(F)F)cn1. The molecule has 1 aromatic rings. The molecule has 0 aliphatic heterocycles. The number of hydrogen-bond donors (Lipinski definition) is 1. The third kappa shape index (κ3) is 5.66. The summed E-state index contributed by atoms with van der Waals surface area (Å²) in [4.78, 5) is 15.4. The maximum atomic E-state index is 12.5. The van der Waals surface area contributed by atoms with E-state index in [1.165, 1.54) is 6.92 Å². The smallest absolute Gasteiger partial charge is 0.365 e. The number of nitrogens with one attached hydrogen (secondary N) is 1. The third-order valence-corrected chi connectivity index (χ3v) is 5.40. The molecule has 1 fully saturated rings. The Morgan fingerprint density at radius 1 is 1.23 bits per heavy atom. The lowest BCUT2D eigenvalue weighted by molar-refractivity contribution is -0.138. The van der Waals surface area contributed by atoms with Crippen LogP contribution in [0.5, 0.6) is 0 Å². The Hall–Kier alpha value is -1.68. The van der Waals surface area contributed by atoms with Crippen molar-refractivity contribution in [2.45, 2.75) is 68.9 Å². The number of aromatic nitrogens is 1. The zero-order chi connectivity index (χ0) is 19.4. The van der Waals surface area contributed by atoms with Gasteiger partial charge in [0.15, 0.2) is 5.03 Å². The summed E-state index contributed by atoms with van der Waals surface area (Å²) in [5.41, 5.74) is -1.08. The largest absolute Gasteiger partial charge is 0.417 e. The van der Waals surface area contributed by atoms with Crippen LogP contribution in [-0.2, 0) is 25.7 Å². The highest BCUT2D eigenvalue weighted by Gasteiger charge is 2.32. The van der Waals surface area contributed by atoms with Gasteiger partial charge < -0.3 is 4.74 Å². The molecule has 0 spiro atoms. The van der Waals surface area contributed by atoms with Gasteiger partial charge in [0.05, 0.1) is 11.7 Å². The summed E-state index contributed by atoms with van der Waals surface area (Å²) in [6.07, 6.45) is 0.495. The Kier molecular flexibility index (Phi) is 6.62. The van der Waals surface area contributed by atoms with E-state index in [2.05, 4.69) is 4.98 Å². The highest BCUT2D eigenvalue weighted by Crippen LogP contribution is 2.28. The molecule has 0 bridgehead atoms. The second kappa shape index (κ2) is 8.34. The third-order valence-electron chi connectivity index (χ3n) is 4.14. The van der Waals surface area contributed by atoms with Gasteiger partial charge in [-0.05, 0) is 31.9 Å². The van der Waals surface area contributed by atoms with Gasteiger partial charge in [0.1, 0.15) is 6.10 Å². The number of halogens is 3. The first-order chi connectivity index (χ1) is 12.1. The Balaban J connectivity index is 1.99. The van der Waals surface area contributed by atoms with Crippen LogP contribution in [0, 0.1) is 0 Å². The van der Waals surface area contributed by atoms with E-state index >= 15 is 0 Å². The number of ether oxygens (including phenoxy) is 1. The predicted octanol–water partition coefficient (Wildman–Crippen LogP) is 3.03. The van der Waals surface area contributed by atoms with Crippen molar-refractivity contribution in [2.24, 2.45) is 0 Å². The van der Waals surface area contributed by atoms with Gasteiger partial charge in [-0.3, -0.25) is 4.79 Å². The van der Waals surface area contributed by atoms with Gasteiger partial charge in [0.2, 0.25) is 0 Å². The van der Waals surface area contributed by atoms with Gasteiger partial charge >= 0.3 is 6.18 Å². The highest BCUT2D eigenvalue weighted by atomic mass is 32.2. The van der Waals surface area contributed by atoms with Crippen molar-refractivity contribution in [3.05, 3.63) is 23.9 Å². The molecule has 1 aliphatic carbocycles. The summed E-state index contributed by atoms with van der Waals surface area (Å²) in [6, 6.07) is 1.30. The molecule has 1 saturated carbocycles. The summed E-state index contributed by atoms with van der Waals surface area (Å²) in [7, 11) is -4.37. The molecule has 6 nitrogen and oxygen atoms in total. The number of rotatable bonds is 5. The van der Waals surface area contributed by atoms with E-state index in [1.807, 2.05) is 0 Å². The molecule has 10 heteroatoms. The lowest BCUT2D eigenvalue weighted by Gasteiger charge is -2.20. The molecule has 1 aliphatic rings. The summed E-state index contributed by atoms with van der Waals surface area (Å²) < 4.78 is 69.2. The first-order valence-electron chi connectivity index (χ1n) is 8.35. The summed E-state index contributed by atoms with van der Waals surface area (Å²) >= 11 is 0. The Morgan fingerprint density at radius 3 is 2.35 bits per heavy atom. The molecule has 1 atom stereocenters. The fourth-order valence-electron chi connectivity index (χ4n) is 2.70. The van der Waals surface area contributed by atoms with E-state index in [-0.39, 0.29) is 6.10 Å². The Labute approximate surface area is 150 Å². The van der Waals surface area contributed by atoms with Crippen LogP contribution in [-0.4, -0.2) is 31.5 Å². The van der Waals surface area contributed by atoms with Crippen LogP contribution in [0.25, 0.3) is 0 Å². The molecule has 1 N–H and O–H groups in total. The topological polar surface area (TPSA) is 85.4 Å². The van der Waals surface area contributed by atoms with Crippen LogP contribution in [0.1, 0.15) is 51.0 Å². The molecular weight excluding hydrogens is 373 g/mol. The van der Waals surface area contributed by atoms with Crippen LogP contribution in [0.2, 0.25) is 0 Å². The number of hydrogen-bond acceptors (Lipinski definition) is 5. The molecule has 1 aromatic heterocycles. The lowest BCUT2D eigenvalue weighted by Crippen LogP contribution is -2.40. The highest BCUT2D eigenvalue weighted by molar-refractivity contribution is 7.90. The molecular formula is C16H21F3N2O4S. The van der Waals surface area contributed by atoms with Crippen molar-refractivity contribution >= 4 is 15.9 Å². The normalized spacial score (nSPS) is 18.2. The first-order valence-corrected chi connectivity index (χ1v) is 9.83. The fourth-order valence-corrected chi connectivity index (χ4v) is 3.68. The van der Waals surface area contributed by atoms with Crippen molar-refractivity contribution in [3.63, 3.8) is 0 Å². The number of alkyl halides is 3. The molecule has 1 amide bonds. The van der Waals surface area contributed by atoms with Crippen molar-refractivity contribution in [2.75, 3.05) is 0 Å². The van der Waals surface area contributed by atoms with Gasteiger partial charge in [0.25, 0.3) is 15.9 Å². The molecule has 0 saturated heterocycles. The molecule has 1 heterocycles. The van der Waals surface area contributed by atoms with Gasteiger partial charge in [-0.2, -0.15) is 21.6 Å². The van der Waals surface area contributed by atoms with E-state index in [4.69, 9.17) is 4.74 Å². The number of pyridine rings is 1. The van der Waals surface area contributed by atoms with Crippen molar-refractivity contribution < 1.29 is 31.1 Å². The Bertz CT molecular complexity index is 712. The van der Waals surface area contributed by atoms with Gasteiger partial charge in [-0.15, -0.1) is 0 Å². The van der Waals surface area contributed by atoms with Crippen molar-refractivity contribution in [1.82, 2.24) is 9.71 Å². The van der Waals surface area contributed by atoms with E-state index in [0.717, 1.165) is 38.5 Å². The molecule has 0 aromatic carbocycles. The minimum Gasteiger partial charge on any atom is -0.365 e. The van der Waals surface area contributed by atoms with Gasteiger partial charge in [-0.25, -0.2) is 9.71 Å². The summed E-state index contributed by atoms with van der Waals surface area (Å²) in [6.45, 7) is 1.44. The second-order valence-electron chi connectivity index (χ2n) is 6.24. The first kappa shape index (κ1) is 20.6. The van der Waals surface area contributed by atoms with Crippen LogP contribution >= 0.6 is 0 Å². The Morgan fingerprint density at radius 2 is 1.85 bits per heavy atom. The zero-order valence-electron chi connectivity index (χ0n) is 14.3. The minimum absolute atomic E-state index is 0.106. The van der Waals surface area contributed by atoms with Gasteiger partial charge in [0, 0.05) is 6.20 Å². The van der Waals surface area contributed by atoms with E-state index < -0.39 is 38.8 Å². The number of sulfonamides is 1. The lowest BCUT2D eigenvalue weighted by atomic mass is 10.1. The van der Waals surface area contributed by atoms with E-state index in [1.54, 1.807) is 4.72 Å². The quantitative estimate of drug-likeness (QED) is 0.776. The number of carbonyl (C=O) groups is 1. The second-order valence-corrected chi connectivity index (χ2v) is 7.87. The van der Waals surface area contributed by atoms with Crippen LogP contribution in [0.15, 0.2) is 23.4 Å². The van der Waals surface area contributed by atoms with Crippen LogP contribution < -0.4 is 4.72 Å². The van der Waals surface area contributed by atoms with Crippen LogP contribution in [0.3, 0.4) is 0 Å². The average molecular weight is 394 g/mol. The standard InChI is InChI=1S/C16H21F3N2O4S/c1-11(25-13-6-4-2-3-5-7-13)15(22)21-26(23,24)14-9-8-12(10-20-14)16(17,18)19/h8-11,13H,2-7H2,1H3,(H,21,22)/t11-/m1/s1. The van der Waals surface area contributed by atoms with Crippen molar-refractivity contribution in [1.29, 1.82) is 0 Å². The predicted molar refractivity (Wildman–Crippen MR) is 86.6 cm³/mol. The molecule has 146 valence electrons. The van der Waals surface area contributed by atoms with Crippen LogP contribution in [0.4, 0.5) is 13.2 Å². The number of amides is 1. The van der Waals surface area contributed by atoms with Crippen molar-refractivity contribution in [3.8, 4) is 0 Å². The fraction of sp³-hybridized carbons (Fsp3) is 0.625. The minimum atomic E-state index is -4.63. The number of carbonyl (C=O) groups excluding carboxylic acids is 1.